The number of pyridine rings is 1. The first kappa shape index (κ1) is 11.8. The van der Waals surface area contributed by atoms with Crippen LogP contribution in [0.2, 0.25) is 10.2 Å². The number of aromatic nitrogens is 1. The monoisotopic (exact) mass is 268 g/mol. The van der Waals surface area contributed by atoms with Gasteiger partial charge in [-0.1, -0.05) is 23.2 Å². The number of hydrogen-bond acceptors (Lipinski definition) is 3. The van der Waals surface area contributed by atoms with E-state index in [2.05, 4.69) is 4.98 Å². The van der Waals surface area contributed by atoms with Crippen LogP contribution in [0.1, 0.15) is 0 Å². The van der Waals surface area contributed by atoms with Crippen LogP contribution >= 0.6 is 23.2 Å². The Labute approximate surface area is 107 Å². The van der Waals surface area contributed by atoms with Crippen LogP contribution in [0.5, 0.6) is 0 Å². The molecule has 0 unspecified atom stereocenters. The molecule has 0 aliphatic heterocycles. The number of hydrogen-bond donors (Lipinski definition) is 0. The van der Waals surface area contributed by atoms with Gasteiger partial charge in [0, 0.05) is 23.9 Å². The van der Waals surface area contributed by atoms with Crippen molar-refractivity contribution in [2.75, 3.05) is 0 Å². The fourth-order valence-corrected chi connectivity index (χ4v) is 1.77. The summed E-state index contributed by atoms with van der Waals surface area (Å²) in [6.07, 6.45) is 1.45. The maximum atomic E-state index is 10.5. The average molecular weight is 269 g/mol. The van der Waals surface area contributed by atoms with Crippen molar-refractivity contribution in [2.45, 2.75) is 0 Å². The summed E-state index contributed by atoms with van der Waals surface area (Å²) >= 11 is 11.7. The highest BCUT2D eigenvalue weighted by atomic mass is 35.5. The highest BCUT2D eigenvalue weighted by Crippen LogP contribution is 2.30. The molecule has 1 heterocycles. The highest BCUT2D eigenvalue weighted by Gasteiger charge is 2.08. The Bertz CT molecular complexity index is 570. The maximum absolute atomic E-state index is 10.5. The third kappa shape index (κ3) is 2.54. The summed E-state index contributed by atoms with van der Waals surface area (Å²) in [4.78, 5) is 13.9. The second-order valence-electron chi connectivity index (χ2n) is 3.29. The van der Waals surface area contributed by atoms with Gasteiger partial charge in [0.05, 0.1) is 9.95 Å². The topological polar surface area (TPSA) is 56.0 Å². The molecule has 86 valence electrons. The van der Waals surface area contributed by atoms with Gasteiger partial charge in [0.15, 0.2) is 0 Å². The van der Waals surface area contributed by atoms with E-state index < -0.39 is 4.92 Å². The van der Waals surface area contributed by atoms with E-state index >= 15 is 0 Å². The van der Waals surface area contributed by atoms with Gasteiger partial charge in [0.2, 0.25) is 0 Å². The zero-order valence-electron chi connectivity index (χ0n) is 8.43. The van der Waals surface area contributed by atoms with Gasteiger partial charge in [-0.05, 0) is 23.8 Å². The van der Waals surface area contributed by atoms with Crippen molar-refractivity contribution in [3.05, 3.63) is 56.8 Å². The molecule has 0 saturated heterocycles. The molecule has 6 heteroatoms. The van der Waals surface area contributed by atoms with E-state index in [0.29, 0.717) is 15.7 Å². The fourth-order valence-electron chi connectivity index (χ4n) is 1.40. The van der Waals surface area contributed by atoms with E-state index in [4.69, 9.17) is 23.2 Å². The minimum absolute atomic E-state index is 0.0324. The van der Waals surface area contributed by atoms with Gasteiger partial charge in [0.25, 0.3) is 5.69 Å². The van der Waals surface area contributed by atoms with Crippen molar-refractivity contribution in [2.24, 2.45) is 0 Å². The van der Waals surface area contributed by atoms with E-state index in [1.165, 1.54) is 18.3 Å². The van der Waals surface area contributed by atoms with Gasteiger partial charge in [-0.3, -0.25) is 10.1 Å². The first-order valence-electron chi connectivity index (χ1n) is 4.64. The zero-order chi connectivity index (χ0) is 12.4. The first-order chi connectivity index (χ1) is 8.08. The van der Waals surface area contributed by atoms with Gasteiger partial charge >= 0.3 is 0 Å². The minimum atomic E-state index is -0.453. The normalized spacial score (nSPS) is 10.2. The second-order valence-corrected chi connectivity index (χ2v) is 4.09. The summed E-state index contributed by atoms with van der Waals surface area (Å²) in [7, 11) is 0. The molecule has 0 spiro atoms. The standard InChI is InChI=1S/C11H6Cl2N2O2/c12-10-6-14-11(13)5-9(10)7-1-3-8(4-2-7)15(16)17/h1-6H. The van der Waals surface area contributed by atoms with Crippen LogP contribution in [0.4, 0.5) is 5.69 Å². The van der Waals surface area contributed by atoms with Crippen LogP contribution in [-0.2, 0) is 0 Å². The molecule has 1 aromatic heterocycles. The molecule has 0 fully saturated rings. The molecule has 1 aromatic carbocycles. The minimum Gasteiger partial charge on any atom is -0.258 e. The van der Waals surface area contributed by atoms with E-state index in [0.717, 1.165) is 5.56 Å². The molecule has 0 saturated carbocycles. The lowest BCUT2D eigenvalue weighted by Crippen LogP contribution is -1.88. The second kappa shape index (κ2) is 4.69. The molecule has 17 heavy (non-hydrogen) atoms. The molecule has 0 N–H and O–H groups in total. The third-order valence-electron chi connectivity index (χ3n) is 2.21. The zero-order valence-corrected chi connectivity index (χ0v) is 9.94. The summed E-state index contributed by atoms with van der Waals surface area (Å²) in [6.45, 7) is 0. The predicted molar refractivity (Wildman–Crippen MR) is 66.3 cm³/mol. The highest BCUT2D eigenvalue weighted by molar-refractivity contribution is 6.34. The van der Waals surface area contributed by atoms with Crippen LogP contribution < -0.4 is 0 Å². The Balaban J connectivity index is 2.46. The van der Waals surface area contributed by atoms with E-state index in [-0.39, 0.29) is 5.69 Å². The quantitative estimate of drug-likeness (QED) is 0.471. The fraction of sp³-hybridized carbons (Fsp3) is 0. The van der Waals surface area contributed by atoms with Crippen LogP contribution in [0.15, 0.2) is 36.5 Å². The average Bonchev–Trinajstić information content (AvgIpc) is 2.32. The van der Waals surface area contributed by atoms with E-state index in [9.17, 15) is 10.1 Å². The molecule has 0 aliphatic carbocycles. The predicted octanol–water partition coefficient (Wildman–Crippen LogP) is 3.96. The Hall–Kier alpha value is -1.65. The number of nitro benzene ring substituents is 1. The van der Waals surface area contributed by atoms with Crippen molar-refractivity contribution in [1.29, 1.82) is 0 Å². The molecule has 2 aromatic rings. The molecule has 0 bridgehead atoms. The number of rotatable bonds is 2. The Morgan fingerprint density at radius 2 is 1.82 bits per heavy atom. The van der Waals surface area contributed by atoms with Gasteiger partial charge in [-0.2, -0.15) is 0 Å². The van der Waals surface area contributed by atoms with Crippen LogP contribution in [0.25, 0.3) is 11.1 Å². The maximum Gasteiger partial charge on any atom is 0.269 e. The van der Waals surface area contributed by atoms with Crippen molar-refractivity contribution < 1.29 is 4.92 Å². The molecule has 0 amide bonds. The Kier molecular flexibility index (Phi) is 3.26. The summed E-state index contributed by atoms with van der Waals surface area (Å²) < 4.78 is 0. The number of benzene rings is 1. The lowest BCUT2D eigenvalue weighted by molar-refractivity contribution is -0.384. The largest absolute Gasteiger partial charge is 0.269 e. The summed E-state index contributed by atoms with van der Waals surface area (Å²) in [6, 6.07) is 7.69. The molecular formula is C11H6Cl2N2O2. The smallest absolute Gasteiger partial charge is 0.258 e. The lowest BCUT2D eigenvalue weighted by Gasteiger charge is -2.04. The van der Waals surface area contributed by atoms with Crippen molar-refractivity contribution in [3.8, 4) is 11.1 Å². The molecular weight excluding hydrogens is 263 g/mol. The van der Waals surface area contributed by atoms with Gasteiger partial charge in [0.1, 0.15) is 5.15 Å². The van der Waals surface area contributed by atoms with Gasteiger partial charge in [-0.15, -0.1) is 0 Å². The summed E-state index contributed by atoms with van der Waals surface area (Å²) in [5, 5.41) is 11.3. The van der Waals surface area contributed by atoms with E-state index in [1.807, 2.05) is 0 Å². The number of non-ortho nitro benzene ring substituents is 1. The first-order valence-corrected chi connectivity index (χ1v) is 5.39. The summed E-state index contributed by atoms with van der Waals surface area (Å²) in [5.74, 6) is 0. The number of halogens is 2. The van der Waals surface area contributed by atoms with Crippen molar-refractivity contribution in [3.63, 3.8) is 0 Å². The van der Waals surface area contributed by atoms with Crippen LogP contribution in [0.3, 0.4) is 0 Å². The van der Waals surface area contributed by atoms with Gasteiger partial charge < -0.3 is 0 Å². The lowest BCUT2D eigenvalue weighted by atomic mass is 10.1. The van der Waals surface area contributed by atoms with Crippen LogP contribution in [0, 0.1) is 10.1 Å². The van der Waals surface area contributed by atoms with Crippen LogP contribution in [-0.4, -0.2) is 9.91 Å². The Morgan fingerprint density at radius 3 is 2.41 bits per heavy atom. The summed E-state index contributed by atoms with van der Waals surface area (Å²) in [5.41, 5.74) is 1.48. The third-order valence-corrected chi connectivity index (χ3v) is 2.72. The molecule has 2 rings (SSSR count). The van der Waals surface area contributed by atoms with Crippen molar-refractivity contribution >= 4 is 28.9 Å². The molecule has 0 aliphatic rings. The molecule has 4 nitrogen and oxygen atoms in total. The molecule has 0 atom stereocenters. The van der Waals surface area contributed by atoms with E-state index in [1.54, 1.807) is 18.2 Å². The van der Waals surface area contributed by atoms with Gasteiger partial charge in [-0.25, -0.2) is 4.98 Å². The number of nitrogens with zero attached hydrogens (tertiary/aromatic N) is 2. The van der Waals surface area contributed by atoms with Crippen molar-refractivity contribution in [1.82, 2.24) is 4.98 Å². The number of nitro groups is 1. The SMILES string of the molecule is O=[N+]([O-])c1ccc(-c2cc(Cl)ncc2Cl)cc1. The Morgan fingerprint density at radius 1 is 1.18 bits per heavy atom. The molecule has 0 radical (unpaired) electrons.